The highest BCUT2D eigenvalue weighted by Gasteiger charge is 2.31. The average Bonchev–Trinajstić information content (AvgIpc) is 2.62. The van der Waals surface area contributed by atoms with Crippen LogP contribution in [0.3, 0.4) is 0 Å². The Bertz CT molecular complexity index is 581. The van der Waals surface area contributed by atoms with Crippen molar-refractivity contribution in [1.29, 1.82) is 0 Å². The fourth-order valence-electron chi connectivity index (χ4n) is 2.53. The van der Waals surface area contributed by atoms with Crippen molar-refractivity contribution in [3.05, 3.63) is 0 Å². The number of hydrogen-bond donors (Lipinski definition) is 6. The summed E-state index contributed by atoms with van der Waals surface area (Å²) in [5.41, 5.74) is 5.61. The summed E-state index contributed by atoms with van der Waals surface area (Å²) < 4.78 is 0. The minimum absolute atomic E-state index is 0.0596. The smallest absolute Gasteiger partial charge is 0.326 e. The monoisotopic (exact) mass is 416 g/mol. The van der Waals surface area contributed by atoms with Crippen LogP contribution in [0.4, 0.5) is 0 Å². The molecular weight excluding hydrogens is 380 g/mol. The Balaban J connectivity index is 5.12. The second-order valence-electron chi connectivity index (χ2n) is 7.90. The lowest BCUT2D eigenvalue weighted by Gasteiger charge is -2.27. The zero-order chi connectivity index (χ0) is 22.9. The molecule has 0 aliphatic carbocycles. The number of carboxylic acids is 1. The van der Waals surface area contributed by atoms with Crippen molar-refractivity contribution >= 4 is 23.7 Å². The molecule has 0 saturated carbocycles. The van der Waals surface area contributed by atoms with Gasteiger partial charge in [0, 0.05) is 0 Å². The Morgan fingerprint density at radius 3 is 1.86 bits per heavy atom. The minimum Gasteiger partial charge on any atom is -0.480 e. The number of amides is 3. The van der Waals surface area contributed by atoms with Crippen LogP contribution in [-0.4, -0.2) is 64.2 Å². The molecule has 0 aromatic carbocycles. The van der Waals surface area contributed by atoms with Crippen LogP contribution in [0.25, 0.3) is 0 Å². The summed E-state index contributed by atoms with van der Waals surface area (Å²) in [6.45, 7) is 10.1. The molecule has 0 rings (SSSR count). The standard InChI is InChI=1S/C19H36N4O6/c1-7-10(4)15(23-17(26)14(20)12(6)24)18(27)21-11(5)16(25)22-13(19(28)29)8-9(2)3/h9-15,24H,7-8,20H2,1-6H3,(H,21,27)(H,22,25)(H,23,26)(H,28,29). The van der Waals surface area contributed by atoms with Gasteiger partial charge in [-0.15, -0.1) is 0 Å². The Kier molecular flexibility index (Phi) is 11.4. The van der Waals surface area contributed by atoms with Gasteiger partial charge in [0.25, 0.3) is 0 Å². The molecule has 0 bridgehead atoms. The fourth-order valence-corrected chi connectivity index (χ4v) is 2.53. The molecule has 0 aliphatic heterocycles. The lowest BCUT2D eigenvalue weighted by Crippen LogP contribution is -2.59. The quantitative estimate of drug-likeness (QED) is 0.245. The van der Waals surface area contributed by atoms with E-state index in [4.69, 9.17) is 5.73 Å². The molecule has 3 amide bonds. The first-order valence-electron chi connectivity index (χ1n) is 9.89. The summed E-state index contributed by atoms with van der Waals surface area (Å²) in [5, 5.41) is 26.1. The Hall–Kier alpha value is -2.20. The third-order valence-corrected chi connectivity index (χ3v) is 4.69. The Morgan fingerprint density at radius 2 is 1.45 bits per heavy atom. The number of nitrogens with two attached hydrogens (primary N) is 1. The van der Waals surface area contributed by atoms with E-state index in [1.807, 2.05) is 20.8 Å². The molecule has 168 valence electrons. The van der Waals surface area contributed by atoms with Crippen molar-refractivity contribution in [3.8, 4) is 0 Å². The number of carbonyl (C=O) groups excluding carboxylic acids is 3. The second-order valence-corrected chi connectivity index (χ2v) is 7.90. The molecule has 6 atom stereocenters. The highest BCUT2D eigenvalue weighted by molar-refractivity contribution is 5.94. The molecule has 0 aliphatic rings. The number of aliphatic hydroxyl groups excluding tert-OH is 1. The molecule has 7 N–H and O–H groups in total. The molecule has 0 saturated heterocycles. The lowest BCUT2D eigenvalue weighted by atomic mass is 9.97. The number of aliphatic carboxylic acids is 1. The van der Waals surface area contributed by atoms with E-state index in [1.54, 1.807) is 6.92 Å². The maximum atomic E-state index is 12.7. The van der Waals surface area contributed by atoms with Crippen LogP contribution in [-0.2, 0) is 19.2 Å². The molecule has 10 heteroatoms. The lowest BCUT2D eigenvalue weighted by molar-refractivity contribution is -0.142. The number of nitrogens with one attached hydrogen (secondary N) is 3. The van der Waals surface area contributed by atoms with Crippen LogP contribution in [0.15, 0.2) is 0 Å². The van der Waals surface area contributed by atoms with E-state index in [0.717, 1.165) is 0 Å². The summed E-state index contributed by atoms with van der Waals surface area (Å²) in [6.07, 6.45) is -0.266. The van der Waals surface area contributed by atoms with Crippen LogP contribution in [0.2, 0.25) is 0 Å². The van der Waals surface area contributed by atoms with Crippen LogP contribution >= 0.6 is 0 Å². The third kappa shape index (κ3) is 9.23. The number of carbonyl (C=O) groups is 4. The van der Waals surface area contributed by atoms with Gasteiger partial charge in [-0.05, 0) is 32.1 Å². The summed E-state index contributed by atoms with van der Waals surface area (Å²) in [7, 11) is 0. The predicted molar refractivity (Wildman–Crippen MR) is 108 cm³/mol. The largest absolute Gasteiger partial charge is 0.480 e. The maximum absolute atomic E-state index is 12.7. The van der Waals surface area contributed by atoms with Crippen molar-refractivity contribution in [1.82, 2.24) is 16.0 Å². The van der Waals surface area contributed by atoms with Gasteiger partial charge in [-0.1, -0.05) is 34.1 Å². The van der Waals surface area contributed by atoms with E-state index < -0.39 is 54.0 Å². The highest BCUT2D eigenvalue weighted by atomic mass is 16.4. The normalized spacial score (nSPS) is 17.4. The molecular formula is C19H36N4O6. The SMILES string of the molecule is CCC(C)C(NC(=O)C(N)C(C)O)C(=O)NC(C)C(=O)NC(CC(C)C)C(=O)O. The van der Waals surface area contributed by atoms with Crippen LogP contribution in [0.5, 0.6) is 0 Å². The zero-order valence-electron chi connectivity index (χ0n) is 18.1. The second kappa shape index (κ2) is 12.4. The number of rotatable bonds is 12. The van der Waals surface area contributed by atoms with Gasteiger partial charge in [-0.3, -0.25) is 14.4 Å². The van der Waals surface area contributed by atoms with Gasteiger partial charge >= 0.3 is 5.97 Å². The fraction of sp³-hybridized carbons (Fsp3) is 0.789. The molecule has 0 aromatic rings. The van der Waals surface area contributed by atoms with Gasteiger partial charge in [0.1, 0.15) is 24.2 Å². The first-order chi connectivity index (χ1) is 13.3. The van der Waals surface area contributed by atoms with E-state index in [0.29, 0.717) is 6.42 Å². The number of aliphatic hydroxyl groups is 1. The first kappa shape index (κ1) is 26.8. The maximum Gasteiger partial charge on any atom is 0.326 e. The molecule has 0 heterocycles. The molecule has 10 nitrogen and oxygen atoms in total. The molecule has 0 fully saturated rings. The molecule has 6 unspecified atom stereocenters. The zero-order valence-corrected chi connectivity index (χ0v) is 18.1. The van der Waals surface area contributed by atoms with E-state index in [1.165, 1.54) is 13.8 Å². The van der Waals surface area contributed by atoms with Gasteiger partial charge in [-0.25, -0.2) is 4.79 Å². The summed E-state index contributed by atoms with van der Waals surface area (Å²) in [4.78, 5) is 48.4. The van der Waals surface area contributed by atoms with Gasteiger partial charge in [0.2, 0.25) is 17.7 Å². The third-order valence-electron chi connectivity index (χ3n) is 4.69. The van der Waals surface area contributed by atoms with Gasteiger partial charge in [0.05, 0.1) is 6.10 Å². The Morgan fingerprint density at radius 1 is 0.897 bits per heavy atom. The van der Waals surface area contributed by atoms with Gasteiger partial charge < -0.3 is 31.9 Å². The van der Waals surface area contributed by atoms with Crippen molar-refractivity contribution in [2.45, 2.75) is 84.7 Å². The highest BCUT2D eigenvalue weighted by Crippen LogP contribution is 2.10. The number of hydrogen-bond acceptors (Lipinski definition) is 6. The van der Waals surface area contributed by atoms with Crippen LogP contribution in [0.1, 0.15) is 54.4 Å². The van der Waals surface area contributed by atoms with Crippen LogP contribution in [0, 0.1) is 11.8 Å². The van der Waals surface area contributed by atoms with Crippen LogP contribution < -0.4 is 21.7 Å². The van der Waals surface area contributed by atoms with E-state index in [9.17, 15) is 29.4 Å². The Labute approximate surface area is 172 Å². The summed E-state index contributed by atoms with van der Waals surface area (Å²) in [6, 6.07) is -4.22. The molecule has 0 aromatic heterocycles. The first-order valence-corrected chi connectivity index (χ1v) is 9.89. The van der Waals surface area contributed by atoms with Crippen molar-refractivity contribution in [3.63, 3.8) is 0 Å². The number of carboxylic acid groups (broad SMARTS) is 1. The van der Waals surface area contributed by atoms with E-state index >= 15 is 0 Å². The summed E-state index contributed by atoms with van der Waals surface area (Å²) >= 11 is 0. The molecule has 29 heavy (non-hydrogen) atoms. The van der Waals surface area contributed by atoms with E-state index in [2.05, 4.69) is 16.0 Å². The van der Waals surface area contributed by atoms with Crippen molar-refractivity contribution in [2.24, 2.45) is 17.6 Å². The van der Waals surface area contributed by atoms with Crippen molar-refractivity contribution in [2.75, 3.05) is 0 Å². The molecule has 0 radical (unpaired) electrons. The van der Waals surface area contributed by atoms with E-state index in [-0.39, 0.29) is 18.3 Å². The van der Waals surface area contributed by atoms with Crippen molar-refractivity contribution < 1.29 is 29.4 Å². The predicted octanol–water partition coefficient (Wildman–Crippen LogP) is -0.654. The molecule has 0 spiro atoms. The topological polar surface area (TPSA) is 171 Å². The minimum atomic E-state index is -1.19. The van der Waals surface area contributed by atoms with Gasteiger partial charge in [-0.2, -0.15) is 0 Å². The van der Waals surface area contributed by atoms with Gasteiger partial charge in [0.15, 0.2) is 0 Å². The average molecular weight is 417 g/mol. The summed E-state index contributed by atoms with van der Waals surface area (Å²) in [5.74, 6) is -3.26.